The SMILES string of the molecule is NCCC(=O)C(N)CCCCNC(=O)Cc1cccc(O)c1. The molecular formula is C16H25N3O3. The number of Topliss-reactive ketones (excluding diaryl/α,β-unsaturated/α-hetero) is 1. The Hall–Kier alpha value is -1.92. The molecule has 22 heavy (non-hydrogen) atoms. The number of rotatable bonds is 10. The van der Waals surface area contributed by atoms with E-state index < -0.39 is 6.04 Å². The van der Waals surface area contributed by atoms with Gasteiger partial charge in [0.25, 0.3) is 0 Å². The predicted octanol–water partition coefficient (Wildman–Crippen LogP) is 0.466. The normalized spacial score (nSPS) is 11.9. The summed E-state index contributed by atoms with van der Waals surface area (Å²) in [6.07, 6.45) is 2.73. The molecule has 0 radical (unpaired) electrons. The Morgan fingerprint density at radius 1 is 1.27 bits per heavy atom. The molecule has 0 fully saturated rings. The number of nitrogens with one attached hydrogen (secondary N) is 1. The van der Waals surface area contributed by atoms with Gasteiger partial charge in [0.05, 0.1) is 12.5 Å². The zero-order valence-corrected chi connectivity index (χ0v) is 12.8. The number of benzene rings is 1. The van der Waals surface area contributed by atoms with E-state index >= 15 is 0 Å². The second kappa shape index (κ2) is 9.92. The predicted molar refractivity (Wildman–Crippen MR) is 85.3 cm³/mol. The topological polar surface area (TPSA) is 118 Å². The molecule has 0 aromatic heterocycles. The van der Waals surface area contributed by atoms with Gasteiger partial charge < -0.3 is 21.9 Å². The molecule has 6 heteroatoms. The lowest BCUT2D eigenvalue weighted by molar-refractivity contribution is -0.121. The van der Waals surface area contributed by atoms with E-state index in [9.17, 15) is 14.7 Å². The minimum atomic E-state index is -0.452. The monoisotopic (exact) mass is 307 g/mol. The van der Waals surface area contributed by atoms with Crippen molar-refractivity contribution in [1.29, 1.82) is 0 Å². The summed E-state index contributed by atoms with van der Waals surface area (Å²) >= 11 is 0. The molecule has 1 atom stereocenters. The average Bonchev–Trinajstić information content (AvgIpc) is 2.46. The first-order valence-electron chi connectivity index (χ1n) is 7.56. The highest BCUT2D eigenvalue weighted by Gasteiger charge is 2.11. The number of phenolic OH excluding ortho intramolecular Hbond substituents is 1. The minimum absolute atomic E-state index is 0.00424. The molecule has 1 unspecified atom stereocenters. The number of ketones is 1. The molecule has 0 aliphatic carbocycles. The second-order valence-corrected chi connectivity index (χ2v) is 5.30. The molecule has 1 amide bonds. The van der Waals surface area contributed by atoms with Gasteiger partial charge in [-0.25, -0.2) is 0 Å². The molecule has 6 nitrogen and oxygen atoms in total. The van der Waals surface area contributed by atoms with Crippen LogP contribution in [0, 0.1) is 0 Å². The number of carbonyl (C=O) groups is 2. The highest BCUT2D eigenvalue weighted by Crippen LogP contribution is 2.11. The van der Waals surface area contributed by atoms with Gasteiger partial charge in [0.15, 0.2) is 5.78 Å². The van der Waals surface area contributed by atoms with Crippen molar-refractivity contribution in [3.63, 3.8) is 0 Å². The minimum Gasteiger partial charge on any atom is -0.508 e. The summed E-state index contributed by atoms with van der Waals surface area (Å²) in [7, 11) is 0. The van der Waals surface area contributed by atoms with Gasteiger partial charge in [-0.15, -0.1) is 0 Å². The van der Waals surface area contributed by atoms with E-state index in [0.29, 0.717) is 25.9 Å². The molecule has 0 saturated heterocycles. The number of carbonyl (C=O) groups excluding carboxylic acids is 2. The van der Waals surface area contributed by atoms with Crippen molar-refractivity contribution >= 4 is 11.7 Å². The number of amides is 1. The lowest BCUT2D eigenvalue weighted by Gasteiger charge is -2.10. The van der Waals surface area contributed by atoms with E-state index in [1.54, 1.807) is 24.3 Å². The number of hydrogen-bond donors (Lipinski definition) is 4. The maximum Gasteiger partial charge on any atom is 0.224 e. The molecule has 1 rings (SSSR count). The first-order valence-corrected chi connectivity index (χ1v) is 7.56. The summed E-state index contributed by atoms with van der Waals surface area (Å²) in [4.78, 5) is 23.2. The summed E-state index contributed by atoms with van der Waals surface area (Å²) in [5, 5.41) is 12.1. The smallest absolute Gasteiger partial charge is 0.224 e. The highest BCUT2D eigenvalue weighted by atomic mass is 16.3. The molecule has 0 aliphatic rings. The first kappa shape index (κ1) is 18.1. The van der Waals surface area contributed by atoms with Crippen LogP contribution in [0.1, 0.15) is 31.2 Å². The van der Waals surface area contributed by atoms with Crippen LogP contribution in [0.5, 0.6) is 5.75 Å². The number of unbranched alkanes of at least 4 members (excludes halogenated alkanes) is 1. The molecule has 0 bridgehead atoms. The largest absolute Gasteiger partial charge is 0.508 e. The molecule has 0 saturated carbocycles. The second-order valence-electron chi connectivity index (χ2n) is 5.30. The molecule has 1 aromatic rings. The quantitative estimate of drug-likeness (QED) is 0.468. The maximum atomic E-state index is 11.7. The van der Waals surface area contributed by atoms with Crippen LogP contribution in [0.25, 0.3) is 0 Å². The van der Waals surface area contributed by atoms with Crippen LogP contribution in [0.3, 0.4) is 0 Å². The van der Waals surface area contributed by atoms with Crippen molar-refractivity contribution in [1.82, 2.24) is 5.32 Å². The fraction of sp³-hybridized carbons (Fsp3) is 0.500. The number of phenols is 1. The maximum absolute atomic E-state index is 11.7. The Morgan fingerprint density at radius 2 is 2.05 bits per heavy atom. The van der Waals surface area contributed by atoms with Crippen LogP contribution >= 0.6 is 0 Å². The Bertz CT molecular complexity index is 491. The Morgan fingerprint density at radius 3 is 2.73 bits per heavy atom. The van der Waals surface area contributed by atoms with Crippen molar-refractivity contribution in [2.24, 2.45) is 11.5 Å². The molecule has 0 spiro atoms. The van der Waals surface area contributed by atoms with E-state index in [1.165, 1.54) is 0 Å². The highest BCUT2D eigenvalue weighted by molar-refractivity contribution is 5.83. The molecular weight excluding hydrogens is 282 g/mol. The van der Waals surface area contributed by atoms with Crippen LogP contribution in [0.15, 0.2) is 24.3 Å². The van der Waals surface area contributed by atoms with Crippen molar-refractivity contribution in [3.05, 3.63) is 29.8 Å². The summed E-state index contributed by atoms with van der Waals surface area (Å²) in [5.41, 5.74) is 11.8. The van der Waals surface area contributed by atoms with Crippen molar-refractivity contribution in [2.75, 3.05) is 13.1 Å². The van der Waals surface area contributed by atoms with Crippen molar-refractivity contribution in [2.45, 2.75) is 38.1 Å². The van der Waals surface area contributed by atoms with Gasteiger partial charge in [0.1, 0.15) is 5.75 Å². The Labute approximate surface area is 130 Å². The third kappa shape index (κ3) is 7.19. The van der Waals surface area contributed by atoms with Gasteiger partial charge in [0.2, 0.25) is 5.91 Å². The Balaban J connectivity index is 2.14. The van der Waals surface area contributed by atoms with Gasteiger partial charge in [-0.2, -0.15) is 0 Å². The van der Waals surface area contributed by atoms with E-state index in [1.807, 2.05) is 0 Å². The van der Waals surface area contributed by atoms with Crippen molar-refractivity contribution < 1.29 is 14.7 Å². The fourth-order valence-electron chi connectivity index (χ4n) is 2.12. The van der Waals surface area contributed by atoms with Crippen LogP contribution in [-0.2, 0) is 16.0 Å². The zero-order chi connectivity index (χ0) is 16.4. The molecule has 6 N–H and O–H groups in total. The summed E-state index contributed by atoms with van der Waals surface area (Å²) in [6.45, 7) is 0.882. The van der Waals surface area contributed by atoms with Gasteiger partial charge in [-0.05, 0) is 43.5 Å². The Kier molecular flexibility index (Phi) is 8.17. The fourth-order valence-corrected chi connectivity index (χ4v) is 2.12. The van der Waals surface area contributed by atoms with E-state index in [0.717, 1.165) is 18.4 Å². The molecule has 0 heterocycles. The summed E-state index contributed by atoms with van der Waals surface area (Å²) in [6, 6.07) is 6.18. The number of nitrogens with two attached hydrogens (primary N) is 2. The number of aromatic hydroxyl groups is 1. The van der Waals surface area contributed by atoms with Gasteiger partial charge in [0, 0.05) is 13.0 Å². The average molecular weight is 307 g/mol. The van der Waals surface area contributed by atoms with Crippen LogP contribution < -0.4 is 16.8 Å². The zero-order valence-electron chi connectivity index (χ0n) is 12.8. The van der Waals surface area contributed by atoms with Gasteiger partial charge in [-0.3, -0.25) is 9.59 Å². The third-order valence-corrected chi connectivity index (χ3v) is 3.34. The number of hydrogen-bond acceptors (Lipinski definition) is 5. The van der Waals surface area contributed by atoms with Gasteiger partial charge in [-0.1, -0.05) is 12.1 Å². The van der Waals surface area contributed by atoms with Crippen LogP contribution in [0.2, 0.25) is 0 Å². The molecule has 1 aromatic carbocycles. The van der Waals surface area contributed by atoms with Crippen molar-refractivity contribution in [3.8, 4) is 5.75 Å². The lowest BCUT2D eigenvalue weighted by Crippen LogP contribution is -2.32. The van der Waals surface area contributed by atoms with Crippen LogP contribution in [0.4, 0.5) is 0 Å². The molecule has 122 valence electrons. The molecule has 0 aliphatic heterocycles. The first-order chi connectivity index (χ1) is 10.5. The van der Waals surface area contributed by atoms with E-state index in [4.69, 9.17) is 11.5 Å². The van der Waals surface area contributed by atoms with E-state index in [2.05, 4.69) is 5.32 Å². The van der Waals surface area contributed by atoms with Gasteiger partial charge >= 0.3 is 0 Å². The van der Waals surface area contributed by atoms with Crippen LogP contribution in [-0.4, -0.2) is 35.9 Å². The standard InChI is InChI=1S/C16H25N3O3/c17-8-7-15(21)14(18)6-1-2-9-19-16(22)11-12-4-3-5-13(20)10-12/h3-5,10,14,20H,1-2,6-9,11,17-18H2,(H,19,22). The summed E-state index contributed by atoms with van der Waals surface area (Å²) < 4.78 is 0. The lowest BCUT2D eigenvalue weighted by atomic mass is 10.0. The summed E-state index contributed by atoms with van der Waals surface area (Å²) in [5.74, 6) is 0.0611. The van der Waals surface area contributed by atoms with E-state index in [-0.39, 0.29) is 23.9 Å². The third-order valence-electron chi connectivity index (χ3n) is 3.34.